The van der Waals surface area contributed by atoms with Crippen molar-refractivity contribution in [3.63, 3.8) is 0 Å². The molecule has 0 saturated heterocycles. The van der Waals surface area contributed by atoms with Gasteiger partial charge in [-0.15, -0.1) is 0 Å². The fourth-order valence-electron chi connectivity index (χ4n) is 7.00. The van der Waals surface area contributed by atoms with Crippen molar-refractivity contribution in [3.8, 4) is 16.9 Å². The minimum Gasteiger partial charge on any atom is -0.508 e. The minimum absolute atomic E-state index is 0.0121. The first-order valence-corrected chi connectivity index (χ1v) is 13.9. The molecule has 0 aliphatic heterocycles. The molecule has 6 rings (SSSR count). The zero-order valence-corrected chi connectivity index (χ0v) is 23.8. The number of likely N-dealkylation sites (N-methyl/N-ethyl adjacent to an activating group) is 1. The molecule has 3 aromatic rings. The molecule has 1 saturated carbocycles. The van der Waals surface area contributed by atoms with Gasteiger partial charge in [0.15, 0.2) is 11.4 Å². The number of aliphatic hydroxyl groups is 3. The fraction of sp³-hybridized carbons (Fsp3) is 0.281. The molecule has 226 valence electrons. The van der Waals surface area contributed by atoms with Crippen LogP contribution in [0.4, 0.5) is 0 Å². The maximum absolute atomic E-state index is 14.0. The Balaban J connectivity index is 1.46. The van der Waals surface area contributed by atoms with Crippen molar-refractivity contribution >= 4 is 29.0 Å². The molecule has 4 unspecified atom stereocenters. The molecule has 1 amide bonds. The highest BCUT2D eigenvalue weighted by Gasteiger charge is 2.64. The highest BCUT2D eigenvalue weighted by molar-refractivity contribution is 6.24. The highest BCUT2D eigenvalue weighted by atomic mass is 16.5. The zero-order chi connectivity index (χ0) is 31.7. The van der Waals surface area contributed by atoms with Crippen molar-refractivity contribution in [2.45, 2.75) is 30.9 Å². The molecule has 4 atom stereocenters. The Hall–Kier alpha value is -5.07. The SMILES string of the molecule is CN(C)C1C(=O)C(C(N)=O)=C(O)C2(O)C(=O)C3=C(O)c4c(O)ccc(-c5cccc(CC(=O)c6ccno6)c5)c4CC3CC12. The Morgan fingerprint density at radius 2 is 1.86 bits per heavy atom. The summed E-state index contributed by atoms with van der Waals surface area (Å²) in [5, 5.41) is 48.7. The molecule has 0 spiro atoms. The number of fused-ring (bicyclic) bond motifs is 3. The van der Waals surface area contributed by atoms with Gasteiger partial charge in [-0.05, 0) is 61.2 Å². The Kier molecular flexibility index (Phi) is 6.78. The lowest BCUT2D eigenvalue weighted by atomic mass is 9.57. The maximum atomic E-state index is 14.0. The summed E-state index contributed by atoms with van der Waals surface area (Å²) < 4.78 is 4.97. The van der Waals surface area contributed by atoms with E-state index in [0.717, 1.165) is 0 Å². The Morgan fingerprint density at radius 1 is 1.11 bits per heavy atom. The quantitative estimate of drug-likeness (QED) is 0.205. The average Bonchev–Trinajstić information content (AvgIpc) is 3.50. The molecule has 1 aromatic heterocycles. The number of carbonyl (C=O) groups is 4. The number of phenols is 1. The fourth-order valence-corrected chi connectivity index (χ4v) is 7.00. The monoisotopic (exact) mass is 599 g/mol. The van der Waals surface area contributed by atoms with Gasteiger partial charge in [0.2, 0.25) is 17.3 Å². The topological polar surface area (TPSA) is 204 Å². The van der Waals surface area contributed by atoms with E-state index in [1.54, 1.807) is 38.4 Å². The Morgan fingerprint density at radius 3 is 2.52 bits per heavy atom. The number of nitrogens with zero attached hydrogens (tertiary/aromatic N) is 2. The lowest BCUT2D eigenvalue weighted by Crippen LogP contribution is -2.65. The molecule has 12 nitrogen and oxygen atoms in total. The van der Waals surface area contributed by atoms with E-state index in [1.807, 2.05) is 6.07 Å². The molecule has 1 heterocycles. The molecule has 12 heteroatoms. The van der Waals surface area contributed by atoms with Gasteiger partial charge in [-0.1, -0.05) is 35.5 Å². The number of nitrogens with two attached hydrogens (primary N) is 1. The Labute approximate surface area is 250 Å². The van der Waals surface area contributed by atoms with Crippen LogP contribution in [-0.4, -0.2) is 79.5 Å². The number of carbonyl (C=O) groups excluding carboxylic acids is 4. The number of benzene rings is 2. The van der Waals surface area contributed by atoms with Crippen molar-refractivity contribution < 1.29 is 44.1 Å². The zero-order valence-electron chi connectivity index (χ0n) is 23.8. The van der Waals surface area contributed by atoms with Crippen molar-refractivity contribution in [3.05, 3.63) is 88.0 Å². The van der Waals surface area contributed by atoms with Crippen molar-refractivity contribution in [1.29, 1.82) is 0 Å². The summed E-state index contributed by atoms with van der Waals surface area (Å²) in [6, 6.07) is 10.5. The summed E-state index contributed by atoms with van der Waals surface area (Å²) in [4.78, 5) is 53.6. The molecule has 6 N–H and O–H groups in total. The van der Waals surface area contributed by atoms with Crippen molar-refractivity contribution in [2.24, 2.45) is 17.6 Å². The van der Waals surface area contributed by atoms with Gasteiger partial charge in [0.25, 0.3) is 5.91 Å². The van der Waals surface area contributed by atoms with Crippen molar-refractivity contribution in [1.82, 2.24) is 10.1 Å². The van der Waals surface area contributed by atoms with E-state index >= 15 is 0 Å². The molecular formula is C32H29N3O9. The van der Waals surface area contributed by atoms with Gasteiger partial charge in [-0.3, -0.25) is 24.1 Å². The number of Topliss-reactive ketones (excluding diaryl/α,β-unsaturated/α-hetero) is 3. The van der Waals surface area contributed by atoms with Crippen LogP contribution in [-0.2, 0) is 27.2 Å². The summed E-state index contributed by atoms with van der Waals surface area (Å²) in [6.45, 7) is 0. The van der Waals surface area contributed by atoms with Crippen LogP contribution >= 0.6 is 0 Å². The number of amides is 1. The Bertz CT molecular complexity index is 1820. The van der Waals surface area contributed by atoms with Crippen LogP contribution in [0.3, 0.4) is 0 Å². The van der Waals surface area contributed by atoms with Gasteiger partial charge < -0.3 is 30.7 Å². The van der Waals surface area contributed by atoms with E-state index in [4.69, 9.17) is 10.3 Å². The first-order chi connectivity index (χ1) is 20.9. The average molecular weight is 600 g/mol. The number of hydrogen-bond donors (Lipinski definition) is 5. The van der Waals surface area contributed by atoms with Gasteiger partial charge in [-0.25, -0.2) is 0 Å². The van der Waals surface area contributed by atoms with Crippen LogP contribution < -0.4 is 5.73 Å². The van der Waals surface area contributed by atoms with E-state index in [-0.39, 0.29) is 47.7 Å². The molecule has 2 aromatic carbocycles. The lowest BCUT2D eigenvalue weighted by molar-refractivity contribution is -0.153. The first-order valence-electron chi connectivity index (χ1n) is 13.9. The third-order valence-corrected chi connectivity index (χ3v) is 8.92. The summed E-state index contributed by atoms with van der Waals surface area (Å²) >= 11 is 0. The predicted octanol–water partition coefficient (Wildman–Crippen LogP) is 2.04. The third kappa shape index (κ3) is 4.17. The van der Waals surface area contributed by atoms with Gasteiger partial charge in [0.1, 0.15) is 22.8 Å². The van der Waals surface area contributed by atoms with E-state index in [9.17, 15) is 39.6 Å². The molecule has 0 radical (unpaired) electrons. The number of primary amides is 1. The minimum atomic E-state index is -2.71. The van der Waals surface area contributed by atoms with Crippen LogP contribution in [0.15, 0.2) is 70.1 Å². The van der Waals surface area contributed by atoms with Crippen LogP contribution in [0.1, 0.15) is 33.7 Å². The van der Waals surface area contributed by atoms with Gasteiger partial charge in [-0.2, -0.15) is 0 Å². The van der Waals surface area contributed by atoms with Gasteiger partial charge >= 0.3 is 0 Å². The highest BCUT2D eigenvalue weighted by Crippen LogP contribution is 2.53. The molecule has 3 aliphatic rings. The molecule has 3 aliphatic carbocycles. The number of rotatable bonds is 6. The largest absolute Gasteiger partial charge is 0.508 e. The van der Waals surface area contributed by atoms with Crippen LogP contribution in [0, 0.1) is 11.8 Å². The molecule has 0 bridgehead atoms. The molecule has 44 heavy (non-hydrogen) atoms. The van der Waals surface area contributed by atoms with Gasteiger partial charge in [0.05, 0.1) is 17.8 Å². The summed E-state index contributed by atoms with van der Waals surface area (Å²) in [7, 11) is 3.09. The smallest absolute Gasteiger partial charge is 0.255 e. The summed E-state index contributed by atoms with van der Waals surface area (Å²) in [5.41, 5.74) is 4.09. The van der Waals surface area contributed by atoms with Crippen LogP contribution in [0.5, 0.6) is 5.75 Å². The number of ketones is 3. The number of phenolic OH excluding ortho intramolecular Hbond substituents is 1. The van der Waals surface area contributed by atoms with Crippen molar-refractivity contribution in [2.75, 3.05) is 14.1 Å². The number of aromatic hydroxyl groups is 1. The van der Waals surface area contributed by atoms with Crippen LogP contribution in [0.2, 0.25) is 0 Å². The maximum Gasteiger partial charge on any atom is 0.255 e. The lowest BCUT2D eigenvalue weighted by Gasteiger charge is -2.50. The second kappa shape index (κ2) is 10.3. The molecular weight excluding hydrogens is 570 g/mol. The number of aromatic nitrogens is 1. The predicted molar refractivity (Wildman–Crippen MR) is 154 cm³/mol. The third-order valence-electron chi connectivity index (χ3n) is 8.92. The van der Waals surface area contributed by atoms with Crippen LogP contribution in [0.25, 0.3) is 16.9 Å². The van der Waals surface area contributed by atoms with E-state index in [1.165, 1.54) is 23.2 Å². The number of aliphatic hydroxyl groups excluding tert-OH is 2. The second-order valence-corrected chi connectivity index (χ2v) is 11.6. The van der Waals surface area contributed by atoms with E-state index in [0.29, 0.717) is 22.3 Å². The first kappa shape index (κ1) is 29.0. The summed E-state index contributed by atoms with van der Waals surface area (Å²) in [6.07, 6.45) is 1.54. The normalized spacial score (nSPS) is 24.7. The van der Waals surface area contributed by atoms with E-state index in [2.05, 4.69) is 5.16 Å². The standard InChI is InChI=1S/C32H29N3O9/c1-35(2)26-19-13-16-12-18-17(15-5-3-4-14(10-15)11-21(37)22-8-9-34-44-22)6-7-20(36)24(18)27(38)23(16)29(40)32(19,43)30(41)25(28(26)39)31(33)42/h3-10,16,19,26,36,38,41,43H,11-13H2,1-2H3,(H2,33,42). The molecule has 1 fully saturated rings. The van der Waals surface area contributed by atoms with E-state index < -0.39 is 58.0 Å². The number of hydrogen-bond acceptors (Lipinski definition) is 11. The second-order valence-electron chi connectivity index (χ2n) is 11.6. The van der Waals surface area contributed by atoms with Gasteiger partial charge in [0, 0.05) is 24.0 Å². The summed E-state index contributed by atoms with van der Waals surface area (Å²) in [5.74, 6) is -7.22.